The van der Waals surface area contributed by atoms with Crippen molar-refractivity contribution in [3.8, 4) is 5.75 Å². The zero-order valence-electron chi connectivity index (χ0n) is 13.8. The zero-order valence-corrected chi connectivity index (χ0v) is 13.8. The van der Waals surface area contributed by atoms with Gasteiger partial charge in [-0.3, -0.25) is 4.79 Å². The molecule has 0 amide bonds. The standard InChI is InChI=1S/C12H15BO5.C2H6.CH4O/c1-7-5-8(14)6-9-12(7)10(18-13(9)16)3-4-11(15)17-2;2*1-2/h5-6,10,14,16H,3-4H2,1-2H3;1-2H3;2H,1H3. The molecule has 6 nitrogen and oxygen atoms in total. The number of phenolic OH excluding ortho intramolecular Hbond substituents is 1. The van der Waals surface area contributed by atoms with Crippen LogP contribution in [0.2, 0.25) is 0 Å². The second kappa shape index (κ2) is 10.2. The molecule has 22 heavy (non-hydrogen) atoms. The Morgan fingerprint density at radius 3 is 2.50 bits per heavy atom. The van der Waals surface area contributed by atoms with Crippen LogP contribution in [0.5, 0.6) is 5.75 Å². The summed E-state index contributed by atoms with van der Waals surface area (Å²) in [4.78, 5) is 11.1. The number of hydrogen-bond donors (Lipinski definition) is 3. The maximum absolute atomic E-state index is 11.1. The van der Waals surface area contributed by atoms with Crippen molar-refractivity contribution in [1.82, 2.24) is 0 Å². The first-order valence-corrected chi connectivity index (χ1v) is 7.21. The number of carbonyl (C=O) groups is 1. The van der Waals surface area contributed by atoms with E-state index in [1.807, 2.05) is 20.8 Å². The van der Waals surface area contributed by atoms with E-state index < -0.39 is 7.12 Å². The van der Waals surface area contributed by atoms with E-state index in [0.717, 1.165) is 18.2 Å². The minimum atomic E-state index is -1.05. The molecular formula is C15H25BO6. The number of fused-ring (bicyclic) bond motifs is 1. The SMILES string of the molecule is CC.CO.COC(=O)CCC1OB(O)c2cc(O)cc(C)c21. The van der Waals surface area contributed by atoms with Crippen molar-refractivity contribution in [3.05, 3.63) is 23.3 Å². The van der Waals surface area contributed by atoms with Crippen molar-refractivity contribution in [1.29, 1.82) is 0 Å². The van der Waals surface area contributed by atoms with Gasteiger partial charge in [0, 0.05) is 13.5 Å². The van der Waals surface area contributed by atoms with Crippen molar-refractivity contribution in [3.63, 3.8) is 0 Å². The maximum Gasteiger partial charge on any atom is 0.492 e. The van der Waals surface area contributed by atoms with E-state index in [0.29, 0.717) is 11.9 Å². The molecule has 0 saturated carbocycles. The number of aliphatic hydroxyl groups excluding tert-OH is 1. The quantitative estimate of drug-likeness (QED) is 0.570. The molecule has 0 radical (unpaired) electrons. The van der Waals surface area contributed by atoms with Crippen LogP contribution >= 0.6 is 0 Å². The third-order valence-electron chi connectivity index (χ3n) is 3.12. The lowest BCUT2D eigenvalue weighted by Gasteiger charge is -2.13. The van der Waals surface area contributed by atoms with E-state index in [-0.39, 0.29) is 24.2 Å². The number of hydrogen-bond acceptors (Lipinski definition) is 6. The Morgan fingerprint density at radius 1 is 1.36 bits per heavy atom. The van der Waals surface area contributed by atoms with Crippen LogP contribution in [0.4, 0.5) is 0 Å². The summed E-state index contributed by atoms with van der Waals surface area (Å²) < 4.78 is 9.98. The van der Waals surface area contributed by atoms with Crippen LogP contribution in [0.3, 0.4) is 0 Å². The van der Waals surface area contributed by atoms with Crippen LogP contribution in [0.25, 0.3) is 0 Å². The van der Waals surface area contributed by atoms with Gasteiger partial charge in [-0.15, -0.1) is 0 Å². The van der Waals surface area contributed by atoms with E-state index >= 15 is 0 Å². The number of esters is 1. The molecule has 0 bridgehead atoms. The molecule has 1 atom stereocenters. The highest BCUT2D eigenvalue weighted by Crippen LogP contribution is 2.32. The number of carbonyl (C=O) groups excluding carboxylic acids is 1. The van der Waals surface area contributed by atoms with Gasteiger partial charge in [0.15, 0.2) is 0 Å². The first-order valence-electron chi connectivity index (χ1n) is 7.21. The van der Waals surface area contributed by atoms with E-state index in [9.17, 15) is 14.9 Å². The Balaban J connectivity index is 0.00000102. The molecule has 1 aliphatic heterocycles. The summed E-state index contributed by atoms with van der Waals surface area (Å²) in [5, 5.41) is 26.3. The van der Waals surface area contributed by atoms with Crippen molar-refractivity contribution in [2.75, 3.05) is 14.2 Å². The highest BCUT2D eigenvalue weighted by molar-refractivity contribution is 6.61. The number of aromatic hydroxyl groups is 1. The summed E-state index contributed by atoms with van der Waals surface area (Å²) in [6, 6.07) is 3.11. The second-order valence-electron chi connectivity index (χ2n) is 4.36. The first kappa shape index (κ1) is 20.4. The lowest BCUT2D eigenvalue weighted by molar-refractivity contribution is -0.141. The monoisotopic (exact) mass is 312 g/mol. The van der Waals surface area contributed by atoms with Crippen molar-refractivity contribution in [2.45, 2.75) is 39.7 Å². The van der Waals surface area contributed by atoms with Gasteiger partial charge >= 0.3 is 13.1 Å². The van der Waals surface area contributed by atoms with Crippen LogP contribution in [0.15, 0.2) is 12.1 Å². The topological polar surface area (TPSA) is 96.2 Å². The molecule has 0 spiro atoms. The van der Waals surface area contributed by atoms with E-state index in [2.05, 4.69) is 4.74 Å². The molecule has 3 N–H and O–H groups in total. The van der Waals surface area contributed by atoms with Gasteiger partial charge in [-0.1, -0.05) is 13.8 Å². The first-order chi connectivity index (χ1) is 10.5. The van der Waals surface area contributed by atoms with Gasteiger partial charge in [0.1, 0.15) is 5.75 Å². The minimum absolute atomic E-state index is 0.0996. The summed E-state index contributed by atoms with van der Waals surface area (Å²) >= 11 is 0. The molecule has 2 rings (SSSR count). The number of phenols is 1. The van der Waals surface area contributed by atoms with Gasteiger partial charge in [-0.25, -0.2) is 0 Å². The third kappa shape index (κ3) is 5.01. The van der Waals surface area contributed by atoms with Crippen LogP contribution in [-0.4, -0.2) is 42.5 Å². The molecule has 1 aliphatic rings. The molecular weight excluding hydrogens is 287 g/mol. The summed E-state index contributed by atoms with van der Waals surface area (Å²) in [6.07, 6.45) is 0.338. The molecule has 1 unspecified atom stereocenters. The molecule has 124 valence electrons. The highest BCUT2D eigenvalue weighted by Gasteiger charge is 2.36. The molecule has 1 aromatic carbocycles. The lowest BCUT2D eigenvalue weighted by Crippen LogP contribution is -2.28. The summed E-state index contributed by atoms with van der Waals surface area (Å²) in [5.74, 6) is -0.208. The fourth-order valence-corrected chi connectivity index (χ4v) is 2.31. The van der Waals surface area contributed by atoms with E-state index in [1.165, 1.54) is 13.2 Å². The predicted octanol–water partition coefficient (Wildman–Crippen LogP) is 1.05. The Kier molecular flexibility index (Phi) is 9.48. The number of aryl methyl sites for hydroxylation is 1. The van der Waals surface area contributed by atoms with Crippen LogP contribution in [0.1, 0.15) is 43.9 Å². The van der Waals surface area contributed by atoms with Crippen molar-refractivity contribution in [2.24, 2.45) is 0 Å². The predicted molar refractivity (Wildman–Crippen MR) is 85.0 cm³/mol. The zero-order chi connectivity index (χ0) is 17.3. The van der Waals surface area contributed by atoms with Gasteiger partial charge in [0.25, 0.3) is 0 Å². The number of benzene rings is 1. The molecule has 0 fully saturated rings. The molecule has 1 heterocycles. The fourth-order valence-electron chi connectivity index (χ4n) is 2.31. The maximum atomic E-state index is 11.1. The van der Waals surface area contributed by atoms with Gasteiger partial charge in [0.2, 0.25) is 0 Å². The molecule has 7 heteroatoms. The van der Waals surface area contributed by atoms with Crippen LogP contribution < -0.4 is 5.46 Å². The number of rotatable bonds is 3. The summed E-state index contributed by atoms with van der Waals surface area (Å²) in [6.45, 7) is 5.84. The summed E-state index contributed by atoms with van der Waals surface area (Å²) in [7, 11) is 1.29. The van der Waals surface area contributed by atoms with Gasteiger partial charge in [0.05, 0.1) is 13.2 Å². The average molecular weight is 312 g/mol. The Labute approximate surface area is 131 Å². The number of methoxy groups -OCH3 is 1. The fraction of sp³-hybridized carbons (Fsp3) is 0.533. The lowest BCUT2D eigenvalue weighted by atomic mass is 9.77. The Hall–Kier alpha value is -1.57. The Bertz CT molecular complexity index is 477. The normalized spacial score (nSPS) is 15.0. The van der Waals surface area contributed by atoms with Crippen LogP contribution in [0, 0.1) is 6.92 Å². The number of ether oxygens (including phenoxy) is 1. The summed E-state index contributed by atoms with van der Waals surface area (Å²) in [5.41, 5.74) is 2.27. The smallest absolute Gasteiger partial charge is 0.492 e. The van der Waals surface area contributed by atoms with Crippen molar-refractivity contribution >= 4 is 18.6 Å². The van der Waals surface area contributed by atoms with E-state index in [4.69, 9.17) is 9.76 Å². The average Bonchev–Trinajstić information content (AvgIpc) is 2.85. The van der Waals surface area contributed by atoms with Crippen LogP contribution in [-0.2, 0) is 14.2 Å². The third-order valence-corrected chi connectivity index (χ3v) is 3.12. The van der Waals surface area contributed by atoms with Gasteiger partial charge in [-0.2, -0.15) is 0 Å². The largest absolute Gasteiger partial charge is 0.508 e. The van der Waals surface area contributed by atoms with E-state index in [1.54, 1.807) is 6.07 Å². The Morgan fingerprint density at radius 2 is 1.95 bits per heavy atom. The molecule has 0 saturated heterocycles. The van der Waals surface area contributed by atoms with Crippen molar-refractivity contribution < 1.29 is 29.4 Å². The molecule has 1 aromatic rings. The number of aliphatic hydroxyl groups is 1. The van der Waals surface area contributed by atoms with Gasteiger partial charge < -0.3 is 24.6 Å². The highest BCUT2D eigenvalue weighted by atomic mass is 16.5. The molecule has 0 aromatic heterocycles. The second-order valence-corrected chi connectivity index (χ2v) is 4.36. The molecule has 0 aliphatic carbocycles. The van der Waals surface area contributed by atoms with Gasteiger partial charge in [-0.05, 0) is 42.1 Å². The minimum Gasteiger partial charge on any atom is -0.508 e.